The third-order valence-electron chi connectivity index (χ3n) is 6.97. The Hall–Kier alpha value is -3.41. The summed E-state index contributed by atoms with van der Waals surface area (Å²) in [4.78, 5) is 16.5. The second-order valence-corrected chi connectivity index (χ2v) is 9.30. The van der Waals surface area contributed by atoms with E-state index in [1.54, 1.807) is 0 Å². The summed E-state index contributed by atoms with van der Waals surface area (Å²) in [6, 6.07) is 20.0. The second kappa shape index (κ2) is 8.18. The molecule has 0 radical (unpaired) electrons. The molecule has 5 heteroatoms. The van der Waals surface area contributed by atoms with E-state index in [9.17, 15) is 0 Å². The molecule has 1 fully saturated rings. The third-order valence-corrected chi connectivity index (χ3v) is 6.97. The molecule has 2 aromatic carbocycles. The van der Waals surface area contributed by atoms with Crippen LogP contribution in [-0.4, -0.2) is 58.0 Å². The molecule has 0 amide bonds. The number of hydrogen-bond acceptors (Lipinski definition) is 3. The van der Waals surface area contributed by atoms with Gasteiger partial charge in [0.1, 0.15) is 5.65 Å². The highest BCUT2D eigenvalue weighted by atomic mass is 15.2. The lowest BCUT2D eigenvalue weighted by atomic mass is 9.99. The van der Waals surface area contributed by atoms with E-state index in [-0.39, 0.29) is 0 Å². The molecular formula is C28H29N5. The van der Waals surface area contributed by atoms with Crippen molar-refractivity contribution in [2.75, 3.05) is 33.2 Å². The zero-order valence-electron chi connectivity index (χ0n) is 19.2. The van der Waals surface area contributed by atoms with Crippen LogP contribution >= 0.6 is 0 Å². The molecule has 5 aromatic rings. The minimum absolute atomic E-state index is 0.937. The first kappa shape index (κ1) is 20.2. The lowest BCUT2D eigenvalue weighted by Gasteiger charge is -2.32. The molecule has 0 spiro atoms. The molecule has 6 rings (SSSR count). The molecule has 0 bridgehead atoms. The van der Waals surface area contributed by atoms with Crippen LogP contribution in [0.3, 0.4) is 0 Å². The summed E-state index contributed by atoms with van der Waals surface area (Å²) in [5, 5.41) is 2.39. The lowest BCUT2D eigenvalue weighted by Crippen LogP contribution is -2.43. The van der Waals surface area contributed by atoms with E-state index >= 15 is 0 Å². The Labute approximate surface area is 194 Å². The molecule has 33 heavy (non-hydrogen) atoms. The minimum atomic E-state index is 0.937. The number of fused-ring (bicyclic) bond motifs is 2. The highest BCUT2D eigenvalue weighted by Crippen LogP contribution is 2.35. The summed E-state index contributed by atoms with van der Waals surface area (Å²) in [5.41, 5.74) is 9.41. The van der Waals surface area contributed by atoms with Gasteiger partial charge in [-0.1, -0.05) is 30.3 Å². The van der Waals surface area contributed by atoms with Gasteiger partial charge in [-0.3, -0.25) is 4.90 Å². The molecule has 1 saturated heterocycles. The Morgan fingerprint density at radius 1 is 0.879 bits per heavy atom. The monoisotopic (exact) mass is 435 g/mol. The quantitative estimate of drug-likeness (QED) is 0.396. The van der Waals surface area contributed by atoms with Gasteiger partial charge in [0.2, 0.25) is 0 Å². The van der Waals surface area contributed by atoms with Gasteiger partial charge in [0.05, 0.1) is 0 Å². The van der Waals surface area contributed by atoms with E-state index in [1.165, 1.54) is 33.0 Å². The first-order valence-electron chi connectivity index (χ1n) is 11.7. The van der Waals surface area contributed by atoms with Gasteiger partial charge in [-0.25, -0.2) is 4.98 Å². The van der Waals surface area contributed by atoms with Gasteiger partial charge in [-0.15, -0.1) is 0 Å². The lowest BCUT2D eigenvalue weighted by molar-refractivity contribution is 0.148. The van der Waals surface area contributed by atoms with Crippen molar-refractivity contribution in [1.29, 1.82) is 0 Å². The number of nitrogens with zero attached hydrogens (tertiary/aromatic N) is 3. The number of hydrogen-bond donors (Lipinski definition) is 2. The number of pyridine rings is 1. The van der Waals surface area contributed by atoms with Gasteiger partial charge < -0.3 is 14.9 Å². The number of benzene rings is 2. The van der Waals surface area contributed by atoms with Crippen LogP contribution in [0.4, 0.5) is 0 Å². The molecule has 0 saturated carbocycles. The number of likely N-dealkylation sites (N-methyl/N-ethyl adjacent to an activating group) is 1. The summed E-state index contributed by atoms with van der Waals surface area (Å²) < 4.78 is 0. The summed E-state index contributed by atoms with van der Waals surface area (Å²) in [5.74, 6) is 0. The molecule has 5 nitrogen and oxygen atoms in total. The van der Waals surface area contributed by atoms with E-state index in [0.29, 0.717) is 0 Å². The topological polar surface area (TPSA) is 51.0 Å². The van der Waals surface area contributed by atoms with Crippen LogP contribution in [0.2, 0.25) is 0 Å². The van der Waals surface area contributed by atoms with Gasteiger partial charge in [0, 0.05) is 72.8 Å². The van der Waals surface area contributed by atoms with Gasteiger partial charge in [-0.05, 0) is 60.3 Å². The maximum absolute atomic E-state index is 4.77. The Morgan fingerprint density at radius 2 is 1.67 bits per heavy atom. The van der Waals surface area contributed by atoms with E-state index in [4.69, 9.17) is 4.98 Å². The number of nitrogens with one attached hydrogen (secondary N) is 2. The third kappa shape index (κ3) is 3.84. The Kier molecular flexibility index (Phi) is 5.01. The predicted molar refractivity (Wildman–Crippen MR) is 136 cm³/mol. The molecule has 1 aliphatic heterocycles. The molecule has 166 valence electrons. The minimum Gasteiger partial charge on any atom is -0.361 e. The van der Waals surface area contributed by atoms with Crippen molar-refractivity contribution in [3.8, 4) is 22.3 Å². The van der Waals surface area contributed by atoms with Crippen LogP contribution in [0.1, 0.15) is 11.3 Å². The Balaban J connectivity index is 1.31. The molecule has 0 atom stereocenters. The van der Waals surface area contributed by atoms with Crippen molar-refractivity contribution in [3.63, 3.8) is 0 Å². The fourth-order valence-corrected chi connectivity index (χ4v) is 5.00. The van der Waals surface area contributed by atoms with Crippen LogP contribution in [0.25, 0.3) is 44.2 Å². The van der Waals surface area contributed by atoms with Crippen LogP contribution in [-0.2, 0) is 6.54 Å². The van der Waals surface area contributed by atoms with Crippen molar-refractivity contribution in [3.05, 3.63) is 78.2 Å². The molecule has 2 N–H and O–H groups in total. The standard InChI is InChI=1S/C28H29N5/c1-19-27(23-7-8-26-22(15-23)9-10-29-26)25-16-24(17-30-28(25)31-19)21-5-3-20(4-6-21)18-33-13-11-32(2)12-14-33/h3-10,15-17,29H,11-14,18H2,1-2H3,(H,30,31). The summed E-state index contributed by atoms with van der Waals surface area (Å²) in [7, 11) is 2.20. The van der Waals surface area contributed by atoms with Crippen molar-refractivity contribution in [1.82, 2.24) is 24.8 Å². The van der Waals surface area contributed by atoms with Gasteiger partial charge in [0.15, 0.2) is 0 Å². The molecule has 3 aromatic heterocycles. The summed E-state index contributed by atoms with van der Waals surface area (Å²) in [6.07, 6.45) is 3.97. The number of aromatic nitrogens is 3. The largest absolute Gasteiger partial charge is 0.361 e. The SMILES string of the molecule is Cc1[nH]c2ncc(-c3ccc(CN4CCN(C)CC4)cc3)cc2c1-c1ccc2[nH]ccc2c1. The normalized spacial score (nSPS) is 15.6. The van der Waals surface area contributed by atoms with Gasteiger partial charge in [0.25, 0.3) is 0 Å². The number of H-pyrrole nitrogens is 2. The summed E-state index contributed by atoms with van der Waals surface area (Å²) in [6.45, 7) is 7.74. The maximum atomic E-state index is 4.77. The van der Waals surface area contributed by atoms with Crippen molar-refractivity contribution >= 4 is 21.9 Å². The van der Waals surface area contributed by atoms with Crippen molar-refractivity contribution in [2.24, 2.45) is 0 Å². The Bertz CT molecular complexity index is 1420. The highest BCUT2D eigenvalue weighted by molar-refractivity contribution is 5.99. The van der Waals surface area contributed by atoms with Gasteiger partial charge in [-0.2, -0.15) is 0 Å². The highest BCUT2D eigenvalue weighted by Gasteiger charge is 2.15. The molecular weight excluding hydrogens is 406 g/mol. The van der Waals surface area contributed by atoms with Gasteiger partial charge >= 0.3 is 0 Å². The van der Waals surface area contributed by atoms with Crippen molar-refractivity contribution < 1.29 is 0 Å². The van der Waals surface area contributed by atoms with Crippen LogP contribution in [0.5, 0.6) is 0 Å². The molecule has 4 heterocycles. The van der Waals surface area contributed by atoms with Crippen LogP contribution in [0, 0.1) is 6.92 Å². The van der Waals surface area contributed by atoms with Crippen LogP contribution in [0.15, 0.2) is 67.0 Å². The number of aromatic amines is 2. The van der Waals surface area contributed by atoms with E-state index < -0.39 is 0 Å². The Morgan fingerprint density at radius 3 is 2.48 bits per heavy atom. The first-order chi connectivity index (χ1) is 16.1. The van der Waals surface area contributed by atoms with E-state index in [1.807, 2.05) is 12.4 Å². The van der Waals surface area contributed by atoms with Crippen LogP contribution < -0.4 is 0 Å². The zero-order chi connectivity index (χ0) is 22.4. The number of rotatable bonds is 4. The van der Waals surface area contributed by atoms with E-state index in [2.05, 4.69) is 88.3 Å². The molecule has 1 aliphatic rings. The predicted octanol–water partition coefficient (Wildman–Crippen LogP) is 5.43. The first-order valence-corrected chi connectivity index (χ1v) is 11.7. The maximum Gasteiger partial charge on any atom is 0.138 e. The number of piperazine rings is 1. The van der Waals surface area contributed by atoms with E-state index in [0.717, 1.165) is 55.1 Å². The average molecular weight is 436 g/mol. The fraction of sp³-hybridized carbons (Fsp3) is 0.250. The van der Waals surface area contributed by atoms with Crippen molar-refractivity contribution in [2.45, 2.75) is 13.5 Å². The number of aryl methyl sites for hydroxylation is 1. The molecule has 0 unspecified atom stereocenters. The zero-order valence-corrected chi connectivity index (χ0v) is 19.2. The smallest absolute Gasteiger partial charge is 0.138 e. The summed E-state index contributed by atoms with van der Waals surface area (Å²) >= 11 is 0. The fourth-order valence-electron chi connectivity index (χ4n) is 5.00. The molecule has 0 aliphatic carbocycles. The second-order valence-electron chi connectivity index (χ2n) is 9.30. The average Bonchev–Trinajstić information content (AvgIpc) is 3.43.